The van der Waals surface area contributed by atoms with Crippen LogP contribution in [0.25, 0.3) is 0 Å². The van der Waals surface area contributed by atoms with Gasteiger partial charge in [0.1, 0.15) is 5.60 Å². The first kappa shape index (κ1) is 12.7. The van der Waals surface area contributed by atoms with Crippen LogP contribution in [-0.2, 0) is 4.74 Å². The van der Waals surface area contributed by atoms with Crippen LogP contribution in [0, 0.1) is 0 Å². The minimum atomic E-state index is -0.420. The van der Waals surface area contributed by atoms with Gasteiger partial charge in [-0.05, 0) is 46.6 Å². The lowest BCUT2D eigenvalue weighted by Crippen LogP contribution is -2.65. The molecule has 0 bridgehead atoms. The van der Waals surface area contributed by atoms with E-state index in [2.05, 4.69) is 10.6 Å². The van der Waals surface area contributed by atoms with Crippen molar-refractivity contribution in [3.8, 4) is 0 Å². The summed E-state index contributed by atoms with van der Waals surface area (Å²) in [6, 6.07) is 0.442. The van der Waals surface area contributed by atoms with Crippen molar-refractivity contribution in [2.75, 3.05) is 6.54 Å². The molecule has 2 rings (SSSR count). The van der Waals surface area contributed by atoms with Gasteiger partial charge in [-0.2, -0.15) is 0 Å². The van der Waals surface area contributed by atoms with Crippen LogP contribution in [0.4, 0.5) is 4.79 Å². The van der Waals surface area contributed by atoms with E-state index in [4.69, 9.17) is 4.74 Å². The Kier molecular flexibility index (Phi) is 3.34. The Bertz CT molecular complexity index is 286. The predicted molar refractivity (Wildman–Crippen MR) is 67.0 cm³/mol. The third kappa shape index (κ3) is 2.92. The maximum Gasteiger partial charge on any atom is 0.408 e. The lowest BCUT2D eigenvalue weighted by Gasteiger charge is -2.44. The van der Waals surface area contributed by atoms with Crippen molar-refractivity contribution in [3.05, 3.63) is 0 Å². The van der Waals surface area contributed by atoms with E-state index in [1.54, 1.807) is 0 Å². The summed E-state index contributed by atoms with van der Waals surface area (Å²) in [6.07, 6.45) is 5.44. The van der Waals surface area contributed by atoms with Gasteiger partial charge in [-0.25, -0.2) is 4.79 Å². The molecule has 4 heteroatoms. The van der Waals surface area contributed by atoms with Crippen LogP contribution in [0.2, 0.25) is 0 Å². The van der Waals surface area contributed by atoms with Gasteiger partial charge in [0.25, 0.3) is 0 Å². The molecule has 1 aliphatic heterocycles. The van der Waals surface area contributed by atoms with E-state index in [0.29, 0.717) is 6.04 Å². The summed E-state index contributed by atoms with van der Waals surface area (Å²) in [5.41, 5.74) is -0.475. The molecule has 0 radical (unpaired) electrons. The summed E-state index contributed by atoms with van der Waals surface area (Å²) < 4.78 is 5.37. The van der Waals surface area contributed by atoms with E-state index in [1.807, 2.05) is 20.8 Å². The predicted octanol–water partition coefficient (Wildman–Crippen LogP) is 2.19. The topological polar surface area (TPSA) is 50.4 Å². The normalized spacial score (nSPS) is 27.4. The molecule has 1 aliphatic carbocycles. The first-order chi connectivity index (χ1) is 7.91. The Hall–Kier alpha value is -0.770. The molecule has 1 atom stereocenters. The van der Waals surface area contributed by atoms with Crippen LogP contribution in [0.15, 0.2) is 0 Å². The van der Waals surface area contributed by atoms with E-state index < -0.39 is 5.60 Å². The molecule has 2 aliphatic rings. The average molecular weight is 240 g/mol. The van der Waals surface area contributed by atoms with E-state index in [1.165, 1.54) is 12.8 Å². The maximum absolute atomic E-state index is 11.9. The van der Waals surface area contributed by atoms with Gasteiger partial charge in [0.05, 0.1) is 5.54 Å². The van der Waals surface area contributed by atoms with Gasteiger partial charge < -0.3 is 15.4 Å². The number of alkyl carbamates (subject to hydrolysis) is 1. The number of carbonyl (C=O) groups excluding carboxylic acids is 1. The molecule has 0 aromatic rings. The van der Waals surface area contributed by atoms with Gasteiger partial charge in [0, 0.05) is 6.04 Å². The summed E-state index contributed by atoms with van der Waals surface area (Å²) in [4.78, 5) is 11.9. The second kappa shape index (κ2) is 4.48. The van der Waals surface area contributed by atoms with Crippen molar-refractivity contribution < 1.29 is 9.53 Å². The zero-order valence-electron chi connectivity index (χ0n) is 11.1. The zero-order chi connectivity index (χ0) is 12.5. The van der Waals surface area contributed by atoms with Crippen LogP contribution in [0.3, 0.4) is 0 Å². The molecule has 2 fully saturated rings. The number of carbonyl (C=O) groups is 1. The molecule has 1 heterocycles. The van der Waals surface area contributed by atoms with Gasteiger partial charge in [-0.15, -0.1) is 0 Å². The summed E-state index contributed by atoms with van der Waals surface area (Å²) >= 11 is 0. The number of nitrogens with one attached hydrogen (secondary N) is 2. The first-order valence-electron chi connectivity index (χ1n) is 6.66. The number of ether oxygens (including phenoxy) is 1. The molecular weight excluding hydrogens is 216 g/mol. The lowest BCUT2D eigenvalue weighted by atomic mass is 9.82. The number of hydrogen-bond donors (Lipinski definition) is 2. The summed E-state index contributed by atoms with van der Waals surface area (Å²) in [6.45, 7) is 6.77. The highest BCUT2D eigenvalue weighted by Crippen LogP contribution is 2.36. The van der Waals surface area contributed by atoms with E-state index in [-0.39, 0.29) is 11.6 Å². The molecule has 0 aromatic carbocycles. The largest absolute Gasteiger partial charge is 0.444 e. The van der Waals surface area contributed by atoms with Gasteiger partial charge in [0.15, 0.2) is 0 Å². The van der Waals surface area contributed by atoms with Gasteiger partial charge in [-0.1, -0.05) is 12.8 Å². The highest BCUT2D eigenvalue weighted by atomic mass is 16.6. The molecule has 1 unspecified atom stereocenters. The molecule has 1 saturated heterocycles. The minimum absolute atomic E-state index is 0.0550. The van der Waals surface area contributed by atoms with Crippen LogP contribution in [-0.4, -0.2) is 29.8 Å². The number of rotatable bonds is 2. The van der Waals surface area contributed by atoms with Gasteiger partial charge >= 0.3 is 6.09 Å². The highest BCUT2D eigenvalue weighted by molar-refractivity contribution is 5.69. The van der Waals surface area contributed by atoms with Crippen molar-refractivity contribution in [3.63, 3.8) is 0 Å². The molecule has 1 saturated carbocycles. The number of amides is 1. The molecule has 0 aromatic heterocycles. The van der Waals surface area contributed by atoms with E-state index >= 15 is 0 Å². The standard InChI is InChI=1S/C13H24N2O2/c1-12(2,3)17-11(16)15-13(7-4-5-8-13)10-6-9-14-10/h10,14H,4-9H2,1-3H3,(H,15,16). The summed E-state index contributed by atoms with van der Waals surface area (Å²) in [5, 5.41) is 6.55. The summed E-state index contributed by atoms with van der Waals surface area (Å²) in [7, 11) is 0. The highest BCUT2D eigenvalue weighted by Gasteiger charge is 2.45. The third-order valence-electron chi connectivity index (χ3n) is 3.74. The summed E-state index contributed by atoms with van der Waals surface area (Å²) in [5.74, 6) is 0. The lowest BCUT2D eigenvalue weighted by molar-refractivity contribution is 0.0399. The molecule has 98 valence electrons. The van der Waals surface area contributed by atoms with Crippen molar-refractivity contribution in [2.24, 2.45) is 0 Å². The minimum Gasteiger partial charge on any atom is -0.444 e. The third-order valence-corrected chi connectivity index (χ3v) is 3.74. The molecule has 1 amide bonds. The molecule has 0 spiro atoms. The first-order valence-corrected chi connectivity index (χ1v) is 6.66. The van der Waals surface area contributed by atoms with Crippen molar-refractivity contribution in [1.29, 1.82) is 0 Å². The Morgan fingerprint density at radius 3 is 2.35 bits per heavy atom. The molecule has 4 nitrogen and oxygen atoms in total. The van der Waals surface area contributed by atoms with Crippen LogP contribution in [0.5, 0.6) is 0 Å². The average Bonchev–Trinajstić information content (AvgIpc) is 2.45. The number of hydrogen-bond acceptors (Lipinski definition) is 3. The van der Waals surface area contributed by atoms with Crippen LogP contribution in [0.1, 0.15) is 52.9 Å². The SMILES string of the molecule is CC(C)(C)OC(=O)NC1(C2CCN2)CCCC1. The molecule has 2 N–H and O–H groups in total. The Labute approximate surface area is 103 Å². The Morgan fingerprint density at radius 2 is 1.94 bits per heavy atom. The zero-order valence-corrected chi connectivity index (χ0v) is 11.1. The second-order valence-corrected chi connectivity index (χ2v) is 6.29. The van der Waals surface area contributed by atoms with Gasteiger partial charge in [-0.3, -0.25) is 0 Å². The van der Waals surface area contributed by atoms with E-state index in [9.17, 15) is 4.79 Å². The van der Waals surface area contributed by atoms with Crippen molar-refractivity contribution in [2.45, 2.75) is 70.1 Å². The Balaban J connectivity index is 1.96. The molecular formula is C13H24N2O2. The van der Waals surface area contributed by atoms with Crippen LogP contribution < -0.4 is 10.6 Å². The smallest absolute Gasteiger partial charge is 0.408 e. The quantitative estimate of drug-likeness (QED) is 0.778. The second-order valence-electron chi connectivity index (χ2n) is 6.29. The molecule has 17 heavy (non-hydrogen) atoms. The Morgan fingerprint density at radius 1 is 1.35 bits per heavy atom. The monoisotopic (exact) mass is 240 g/mol. The van der Waals surface area contributed by atoms with E-state index in [0.717, 1.165) is 25.8 Å². The van der Waals surface area contributed by atoms with Crippen molar-refractivity contribution >= 4 is 6.09 Å². The fraction of sp³-hybridized carbons (Fsp3) is 0.923. The fourth-order valence-electron chi connectivity index (χ4n) is 2.83. The van der Waals surface area contributed by atoms with Crippen LogP contribution >= 0.6 is 0 Å². The van der Waals surface area contributed by atoms with Gasteiger partial charge in [0.2, 0.25) is 0 Å². The van der Waals surface area contributed by atoms with Crippen molar-refractivity contribution in [1.82, 2.24) is 10.6 Å². The maximum atomic E-state index is 11.9. The fourth-order valence-corrected chi connectivity index (χ4v) is 2.83.